The Morgan fingerprint density at radius 1 is 1.53 bits per heavy atom. The van der Waals surface area contributed by atoms with E-state index in [-0.39, 0.29) is 17.7 Å². The number of carbonyl (C=O) groups excluding carboxylic acids is 1. The standard InChI is InChI=1S/C14H20BrNO3/c1-4-10(2)16(7-8-19-3)14(18)12-6-5-11(15)9-13(12)17/h5-6,9-10,17H,4,7-8H2,1-3H3. The highest BCUT2D eigenvalue weighted by Gasteiger charge is 2.22. The Bertz CT molecular complexity index is 437. The quantitative estimate of drug-likeness (QED) is 0.872. The zero-order valence-corrected chi connectivity index (χ0v) is 13.1. The van der Waals surface area contributed by atoms with E-state index < -0.39 is 0 Å². The van der Waals surface area contributed by atoms with Crippen molar-refractivity contribution in [2.45, 2.75) is 26.3 Å². The number of hydrogen-bond acceptors (Lipinski definition) is 3. The van der Waals surface area contributed by atoms with Crippen molar-refractivity contribution in [2.75, 3.05) is 20.3 Å². The third-order valence-corrected chi connectivity index (χ3v) is 3.60. The molecule has 0 saturated carbocycles. The van der Waals surface area contributed by atoms with E-state index in [0.29, 0.717) is 18.7 Å². The molecule has 0 spiro atoms. The number of methoxy groups -OCH3 is 1. The number of phenols is 1. The van der Waals surface area contributed by atoms with Gasteiger partial charge < -0.3 is 14.7 Å². The molecular formula is C14H20BrNO3. The maximum Gasteiger partial charge on any atom is 0.257 e. The van der Waals surface area contributed by atoms with Crippen LogP contribution in [0, 0.1) is 0 Å². The molecule has 4 nitrogen and oxygen atoms in total. The Kier molecular flexibility index (Phi) is 6.31. The molecule has 0 heterocycles. The number of aromatic hydroxyl groups is 1. The third-order valence-electron chi connectivity index (χ3n) is 3.11. The highest BCUT2D eigenvalue weighted by atomic mass is 79.9. The molecule has 0 bridgehead atoms. The molecule has 1 unspecified atom stereocenters. The summed E-state index contributed by atoms with van der Waals surface area (Å²) >= 11 is 3.26. The fraction of sp³-hybridized carbons (Fsp3) is 0.500. The van der Waals surface area contributed by atoms with Crippen LogP contribution in [0.25, 0.3) is 0 Å². The smallest absolute Gasteiger partial charge is 0.257 e. The zero-order valence-electron chi connectivity index (χ0n) is 11.5. The van der Waals surface area contributed by atoms with Gasteiger partial charge in [0.25, 0.3) is 5.91 Å². The van der Waals surface area contributed by atoms with Crippen molar-refractivity contribution in [1.82, 2.24) is 4.90 Å². The number of rotatable bonds is 6. The van der Waals surface area contributed by atoms with Gasteiger partial charge in [0.1, 0.15) is 5.75 Å². The second kappa shape index (κ2) is 7.50. The van der Waals surface area contributed by atoms with Gasteiger partial charge in [-0.3, -0.25) is 4.79 Å². The molecule has 1 rings (SSSR count). The van der Waals surface area contributed by atoms with E-state index in [1.54, 1.807) is 24.1 Å². The summed E-state index contributed by atoms with van der Waals surface area (Å²) in [5, 5.41) is 9.88. The first-order chi connectivity index (χ1) is 9.01. The maximum atomic E-state index is 12.5. The van der Waals surface area contributed by atoms with Gasteiger partial charge in [-0.2, -0.15) is 0 Å². The SMILES string of the molecule is CCC(C)N(CCOC)C(=O)c1ccc(Br)cc1O. The van der Waals surface area contributed by atoms with Crippen molar-refractivity contribution in [3.63, 3.8) is 0 Å². The van der Waals surface area contributed by atoms with Crippen molar-refractivity contribution in [3.05, 3.63) is 28.2 Å². The summed E-state index contributed by atoms with van der Waals surface area (Å²) in [6.45, 7) is 5.01. The number of hydrogen-bond donors (Lipinski definition) is 1. The van der Waals surface area contributed by atoms with Crippen LogP contribution in [0.4, 0.5) is 0 Å². The number of phenolic OH excluding ortho intramolecular Hbond substituents is 1. The normalized spacial score (nSPS) is 12.2. The Labute approximate surface area is 122 Å². The van der Waals surface area contributed by atoms with Gasteiger partial charge in [-0.25, -0.2) is 0 Å². The third kappa shape index (κ3) is 4.21. The maximum absolute atomic E-state index is 12.5. The van der Waals surface area contributed by atoms with Crippen LogP contribution in [0.2, 0.25) is 0 Å². The first-order valence-corrected chi connectivity index (χ1v) is 7.09. The van der Waals surface area contributed by atoms with Crippen LogP contribution in [0.1, 0.15) is 30.6 Å². The van der Waals surface area contributed by atoms with Crippen LogP contribution in [-0.2, 0) is 4.74 Å². The summed E-state index contributed by atoms with van der Waals surface area (Å²) < 4.78 is 5.78. The fourth-order valence-corrected chi connectivity index (χ4v) is 2.12. The number of benzene rings is 1. The Hall–Kier alpha value is -1.07. The summed E-state index contributed by atoms with van der Waals surface area (Å²) in [5.74, 6) is -0.179. The van der Waals surface area contributed by atoms with Gasteiger partial charge in [0.15, 0.2) is 0 Å². The molecule has 5 heteroatoms. The van der Waals surface area contributed by atoms with Gasteiger partial charge in [0.2, 0.25) is 0 Å². The van der Waals surface area contributed by atoms with Crippen molar-refractivity contribution < 1.29 is 14.6 Å². The molecule has 1 aromatic rings. The van der Waals surface area contributed by atoms with Crippen molar-refractivity contribution in [3.8, 4) is 5.75 Å². The Balaban J connectivity index is 2.97. The van der Waals surface area contributed by atoms with E-state index >= 15 is 0 Å². The van der Waals surface area contributed by atoms with E-state index in [4.69, 9.17) is 4.74 Å². The number of nitrogens with zero attached hydrogens (tertiary/aromatic N) is 1. The Morgan fingerprint density at radius 3 is 2.74 bits per heavy atom. The monoisotopic (exact) mass is 329 g/mol. The lowest BCUT2D eigenvalue weighted by Gasteiger charge is -2.28. The summed E-state index contributed by atoms with van der Waals surface area (Å²) in [5.41, 5.74) is 0.319. The molecule has 1 atom stereocenters. The predicted octanol–water partition coefficient (Wildman–Crippen LogP) is 3.04. The summed E-state index contributed by atoms with van der Waals surface area (Å²) in [6, 6.07) is 5.01. The summed E-state index contributed by atoms with van der Waals surface area (Å²) in [4.78, 5) is 14.2. The second-order valence-corrected chi connectivity index (χ2v) is 5.33. The van der Waals surface area contributed by atoms with Gasteiger partial charge in [-0.15, -0.1) is 0 Å². The van der Waals surface area contributed by atoms with Crippen LogP contribution in [0.15, 0.2) is 22.7 Å². The van der Waals surface area contributed by atoms with E-state index in [1.807, 2.05) is 13.8 Å². The number of halogens is 1. The lowest BCUT2D eigenvalue weighted by Crippen LogP contribution is -2.40. The zero-order chi connectivity index (χ0) is 14.4. The molecule has 19 heavy (non-hydrogen) atoms. The first-order valence-electron chi connectivity index (χ1n) is 6.29. The molecule has 0 aliphatic heterocycles. The highest BCUT2D eigenvalue weighted by molar-refractivity contribution is 9.10. The van der Waals surface area contributed by atoms with Crippen molar-refractivity contribution in [2.24, 2.45) is 0 Å². The van der Waals surface area contributed by atoms with Crippen LogP contribution in [0.5, 0.6) is 5.75 Å². The van der Waals surface area contributed by atoms with Crippen molar-refractivity contribution >= 4 is 21.8 Å². The molecule has 0 radical (unpaired) electrons. The van der Waals surface area contributed by atoms with Crippen molar-refractivity contribution in [1.29, 1.82) is 0 Å². The fourth-order valence-electron chi connectivity index (χ4n) is 1.77. The average Bonchev–Trinajstić information content (AvgIpc) is 2.38. The molecule has 106 valence electrons. The van der Waals surface area contributed by atoms with E-state index in [0.717, 1.165) is 10.9 Å². The highest BCUT2D eigenvalue weighted by Crippen LogP contribution is 2.24. The molecule has 1 N–H and O–H groups in total. The summed E-state index contributed by atoms with van der Waals surface area (Å²) in [6.07, 6.45) is 0.854. The Morgan fingerprint density at radius 2 is 2.21 bits per heavy atom. The number of ether oxygens (including phenoxy) is 1. The average molecular weight is 330 g/mol. The topological polar surface area (TPSA) is 49.8 Å². The van der Waals surface area contributed by atoms with Gasteiger partial charge in [0.05, 0.1) is 12.2 Å². The molecule has 0 aliphatic rings. The molecule has 1 aromatic carbocycles. The molecule has 0 saturated heterocycles. The van der Waals surface area contributed by atoms with Gasteiger partial charge in [-0.1, -0.05) is 22.9 Å². The van der Waals surface area contributed by atoms with Crippen LogP contribution in [0.3, 0.4) is 0 Å². The predicted molar refractivity (Wildman–Crippen MR) is 78.5 cm³/mol. The van der Waals surface area contributed by atoms with Gasteiger partial charge in [0, 0.05) is 24.2 Å². The van der Waals surface area contributed by atoms with E-state index in [2.05, 4.69) is 15.9 Å². The number of carbonyl (C=O) groups is 1. The minimum atomic E-state index is -0.170. The molecule has 0 fully saturated rings. The molecule has 0 aliphatic carbocycles. The van der Waals surface area contributed by atoms with Gasteiger partial charge >= 0.3 is 0 Å². The second-order valence-electron chi connectivity index (χ2n) is 4.41. The minimum Gasteiger partial charge on any atom is -0.507 e. The lowest BCUT2D eigenvalue weighted by molar-refractivity contribution is 0.0611. The van der Waals surface area contributed by atoms with E-state index in [9.17, 15) is 9.90 Å². The largest absolute Gasteiger partial charge is 0.507 e. The molecule has 0 aromatic heterocycles. The number of amides is 1. The van der Waals surface area contributed by atoms with E-state index in [1.165, 1.54) is 6.07 Å². The van der Waals surface area contributed by atoms with Crippen LogP contribution >= 0.6 is 15.9 Å². The van der Waals surface area contributed by atoms with Gasteiger partial charge in [-0.05, 0) is 31.5 Å². The summed E-state index contributed by atoms with van der Waals surface area (Å²) in [7, 11) is 1.61. The van der Waals surface area contributed by atoms with Crippen LogP contribution < -0.4 is 0 Å². The molecular weight excluding hydrogens is 310 g/mol. The van der Waals surface area contributed by atoms with Crippen LogP contribution in [-0.4, -0.2) is 42.2 Å². The minimum absolute atomic E-state index is 0.00917. The first kappa shape index (κ1) is 16.0. The lowest BCUT2D eigenvalue weighted by atomic mass is 10.1. The molecule has 1 amide bonds.